The van der Waals surface area contributed by atoms with Crippen molar-refractivity contribution in [2.45, 2.75) is 134 Å². The first-order chi connectivity index (χ1) is 40.8. The van der Waals surface area contributed by atoms with Crippen molar-refractivity contribution < 1.29 is 48.0 Å². The number of aromatic hydroxyl groups is 1. The molecule has 85 heavy (non-hydrogen) atoms. The highest BCUT2D eigenvalue weighted by Gasteiger charge is 2.51. The van der Waals surface area contributed by atoms with Gasteiger partial charge >= 0.3 is 6.01 Å². The van der Waals surface area contributed by atoms with Gasteiger partial charge in [0, 0.05) is 72.4 Å². The van der Waals surface area contributed by atoms with Crippen LogP contribution in [0.1, 0.15) is 103 Å². The predicted octanol–water partition coefficient (Wildman–Crippen LogP) is 8.41. The number of ether oxygens (including phenoxy) is 2. The summed E-state index contributed by atoms with van der Waals surface area (Å²) in [5, 5.41) is 43.6. The molecule has 6 fully saturated rings. The van der Waals surface area contributed by atoms with Crippen LogP contribution >= 0.6 is 11.6 Å². The first-order valence-corrected chi connectivity index (χ1v) is 30.5. The number of aryl methyl sites for hydroxylation is 1. The third kappa shape index (κ3) is 12.1. The lowest BCUT2D eigenvalue weighted by molar-refractivity contribution is -0.148. The van der Waals surface area contributed by atoms with Crippen LogP contribution in [0.15, 0.2) is 79.0 Å². The van der Waals surface area contributed by atoms with E-state index in [4.69, 9.17) is 31.0 Å². The van der Waals surface area contributed by atoms with Crippen molar-refractivity contribution in [3.63, 3.8) is 0 Å². The molecule has 2 bridgehead atoms. The maximum absolute atomic E-state index is 17.3. The second-order valence-electron chi connectivity index (χ2n) is 26.0. The van der Waals surface area contributed by atoms with Gasteiger partial charge in [0.25, 0.3) is 0 Å². The fourth-order valence-corrected chi connectivity index (χ4v) is 14.2. The highest BCUT2D eigenvalue weighted by molar-refractivity contribution is 6.33. The first-order valence-electron chi connectivity index (χ1n) is 30.1. The van der Waals surface area contributed by atoms with Crippen LogP contribution in [0.2, 0.25) is 5.02 Å². The molecule has 6 aliphatic rings. The number of anilines is 1. The fourth-order valence-electron chi connectivity index (χ4n) is 14.0. The number of piperidine rings is 1. The number of carbonyl (C=O) groups excluding carboxylic acids is 3. The van der Waals surface area contributed by atoms with Crippen LogP contribution in [0.3, 0.4) is 0 Å². The van der Waals surface area contributed by atoms with E-state index >= 15 is 8.78 Å². The molecule has 6 atom stereocenters. The van der Waals surface area contributed by atoms with Gasteiger partial charge < -0.3 is 55.4 Å². The molecule has 6 N–H and O–H groups in total. The number of likely N-dealkylation sites (tertiary alicyclic amines) is 2. The summed E-state index contributed by atoms with van der Waals surface area (Å²) in [6, 6.07) is 18.6. The minimum absolute atomic E-state index is 0.00383. The van der Waals surface area contributed by atoms with E-state index in [0.29, 0.717) is 64.2 Å². The molecule has 2 aliphatic carbocycles. The number of nitrogens with zero attached hydrogens (tertiary/aromatic N) is 6. The lowest BCUT2D eigenvalue weighted by Gasteiger charge is -2.52. The van der Waals surface area contributed by atoms with E-state index in [0.717, 1.165) is 82.1 Å². The number of β-amino-alcohol motifs (C(OH)–C–C–N with tert-alkyl or cyclic N) is 1. The van der Waals surface area contributed by atoms with Gasteiger partial charge in [0.2, 0.25) is 17.7 Å². The number of aliphatic hydroxyl groups is 2. The average molecular weight is 1180 g/mol. The van der Waals surface area contributed by atoms with Crippen LogP contribution in [-0.2, 0) is 25.5 Å². The second kappa shape index (κ2) is 23.6. The Labute approximate surface area is 498 Å². The molecule has 0 radical (unpaired) electrons. The Kier molecular flexibility index (Phi) is 16.3. The van der Waals surface area contributed by atoms with E-state index in [1.807, 2.05) is 58.0 Å². The largest absolute Gasteiger partial charge is 0.508 e. The van der Waals surface area contributed by atoms with Crippen molar-refractivity contribution in [2.24, 2.45) is 16.2 Å². The second-order valence-corrected chi connectivity index (χ2v) is 26.4. The van der Waals surface area contributed by atoms with Crippen LogP contribution in [0.5, 0.6) is 11.8 Å². The molecule has 3 amide bonds. The van der Waals surface area contributed by atoms with E-state index < -0.39 is 65.6 Å². The molecule has 450 valence electrons. The van der Waals surface area contributed by atoms with Crippen molar-refractivity contribution >= 4 is 56.8 Å². The molecule has 2 saturated carbocycles. The number of hydrogen-bond donors (Lipinski definition) is 6. The third-order valence-electron chi connectivity index (χ3n) is 18.9. The number of rotatable bonds is 18. The molecule has 4 saturated heterocycles. The smallest absolute Gasteiger partial charge is 0.319 e. The van der Waals surface area contributed by atoms with Crippen molar-refractivity contribution in [1.82, 2.24) is 40.7 Å². The van der Waals surface area contributed by atoms with Gasteiger partial charge in [-0.3, -0.25) is 19.4 Å². The minimum Gasteiger partial charge on any atom is -0.508 e. The molecule has 12 rings (SSSR count). The lowest BCUT2D eigenvalue weighted by atomic mass is 9.61. The normalized spacial score (nSPS) is 22.6. The number of aromatic nitrogens is 3. The zero-order chi connectivity index (χ0) is 59.5. The summed E-state index contributed by atoms with van der Waals surface area (Å²) in [6.07, 6.45) is 8.56. The summed E-state index contributed by atoms with van der Waals surface area (Å²) < 4.78 is 45.2. The van der Waals surface area contributed by atoms with Gasteiger partial charge in [-0.05, 0) is 133 Å². The molecule has 1 spiro atoms. The summed E-state index contributed by atoms with van der Waals surface area (Å²) in [6.45, 7) is 11.0. The monoisotopic (exact) mass is 1180 g/mol. The quantitative estimate of drug-likeness (QED) is 0.0477. The van der Waals surface area contributed by atoms with Gasteiger partial charge in [0.15, 0.2) is 5.82 Å². The van der Waals surface area contributed by atoms with E-state index in [1.165, 1.54) is 17.0 Å². The molecule has 4 aliphatic heterocycles. The van der Waals surface area contributed by atoms with Crippen molar-refractivity contribution in [3.8, 4) is 34.1 Å². The van der Waals surface area contributed by atoms with Gasteiger partial charge in [-0.15, -0.1) is 0 Å². The number of phenolic OH excluding ortho intramolecular Hbond substituents is 1. The van der Waals surface area contributed by atoms with Gasteiger partial charge in [-0.1, -0.05) is 87.8 Å². The van der Waals surface area contributed by atoms with Crippen LogP contribution in [0.4, 0.5) is 14.6 Å². The number of amides is 3. The number of aliphatic hydroxyl groups excluding tert-OH is 2. The standard InChI is InChI=1S/C65H76ClF2N9O8/c1-5-45-50(67)17-14-39-24-42(79)25-47(54(39)45)56-55(68)57-48(29-69-56)59(76-30-40-15-16-41(31-76)70-40)74-62(73-57)85-36-65(18-19-65)35-75-22-20-64(21-23-75)27-44(28-64)84-34-53(81)72-58(63(2,3)4)61(83)77-32-43(80)26-52(77)60(82)71-51(33-78)38-12-10-37(11-13-38)46-8-6-7-9-49(46)66/h6-14,17,24-25,29,40-41,43-44,51-52,58,70,78-80H,5,15-16,18-23,26-28,30-36H2,1-4H3,(H,71,82)(H,72,81)/t40?,41?,43-,51+,52+,58-/m1/s1. The summed E-state index contributed by atoms with van der Waals surface area (Å²) in [4.78, 5) is 62.2. The lowest BCUT2D eigenvalue weighted by Crippen LogP contribution is -2.58. The maximum atomic E-state index is 17.3. The number of phenols is 1. The number of halogens is 3. The maximum Gasteiger partial charge on any atom is 0.319 e. The van der Waals surface area contributed by atoms with Crippen LogP contribution in [-0.4, -0.2) is 153 Å². The molecular formula is C65H76ClF2N9O8. The van der Waals surface area contributed by atoms with E-state index in [-0.39, 0.29) is 77.1 Å². The molecule has 6 aromatic rings. The average Bonchev–Trinajstić information content (AvgIpc) is 2.23. The number of hydrogen-bond acceptors (Lipinski definition) is 14. The summed E-state index contributed by atoms with van der Waals surface area (Å²) in [5.74, 6) is -2.08. The molecule has 4 aromatic carbocycles. The number of fused-ring (bicyclic) bond motifs is 4. The SMILES string of the molecule is CCc1c(F)ccc2cc(O)cc(-c3ncc4c(N5CC6CCC(C5)N6)nc(OCC5(CN6CCC7(CC6)CC(OCC(=O)N[C@H](C(=O)N6C[C@H](O)C[C@H]6C(=O)N[C@@H](CO)c6ccc(-c8ccccc8Cl)cc6)C(C)(C)C)C7)CC5)nc4c3F)c12. The topological polar surface area (TPSA) is 215 Å². The Hall–Kier alpha value is -6.61. The van der Waals surface area contributed by atoms with Gasteiger partial charge in [0.1, 0.15) is 47.3 Å². The van der Waals surface area contributed by atoms with E-state index in [9.17, 15) is 29.7 Å². The molecule has 20 heteroatoms. The van der Waals surface area contributed by atoms with Crippen molar-refractivity contribution in [2.75, 3.05) is 64.0 Å². The number of carbonyl (C=O) groups is 3. The van der Waals surface area contributed by atoms with Crippen molar-refractivity contribution in [1.29, 1.82) is 0 Å². The van der Waals surface area contributed by atoms with Gasteiger partial charge in [-0.25, -0.2) is 8.78 Å². The Morgan fingerprint density at radius 1 is 0.918 bits per heavy atom. The number of benzene rings is 4. The highest BCUT2D eigenvalue weighted by atomic mass is 35.5. The minimum atomic E-state index is -1.03. The highest BCUT2D eigenvalue weighted by Crippen LogP contribution is 2.53. The van der Waals surface area contributed by atoms with Gasteiger partial charge in [-0.2, -0.15) is 9.97 Å². The van der Waals surface area contributed by atoms with Crippen LogP contribution < -0.4 is 25.6 Å². The number of piperazine rings is 1. The fraction of sp³-hybridized carbons (Fsp3) is 0.508. The third-order valence-corrected chi connectivity index (χ3v) is 19.2. The molecule has 6 heterocycles. The Bertz CT molecular complexity index is 3500. The summed E-state index contributed by atoms with van der Waals surface area (Å²) >= 11 is 6.41. The Morgan fingerprint density at radius 2 is 1.65 bits per heavy atom. The summed E-state index contributed by atoms with van der Waals surface area (Å²) in [7, 11) is 0. The van der Waals surface area contributed by atoms with E-state index in [2.05, 4.69) is 30.7 Å². The number of nitrogens with one attached hydrogen (secondary N) is 3. The van der Waals surface area contributed by atoms with Crippen molar-refractivity contribution in [3.05, 3.63) is 107 Å². The molecule has 17 nitrogen and oxygen atoms in total. The van der Waals surface area contributed by atoms with Gasteiger partial charge in [0.05, 0.1) is 36.8 Å². The molecular weight excluding hydrogens is 1110 g/mol. The van der Waals surface area contributed by atoms with Crippen LogP contribution in [0.25, 0.3) is 44.1 Å². The molecule has 2 aromatic heterocycles. The van der Waals surface area contributed by atoms with E-state index in [1.54, 1.807) is 36.5 Å². The van der Waals surface area contributed by atoms with Crippen LogP contribution in [0, 0.1) is 27.9 Å². The zero-order valence-corrected chi connectivity index (χ0v) is 49.4. The predicted molar refractivity (Wildman–Crippen MR) is 320 cm³/mol. The first kappa shape index (κ1) is 58.8. The summed E-state index contributed by atoms with van der Waals surface area (Å²) in [5.41, 5.74) is 2.34. The Morgan fingerprint density at radius 3 is 2.33 bits per heavy atom. The number of pyridine rings is 1. The zero-order valence-electron chi connectivity index (χ0n) is 48.7. The molecule has 2 unspecified atom stereocenters. The Balaban J connectivity index is 0.643.